The van der Waals surface area contributed by atoms with Crippen molar-refractivity contribution in [1.29, 1.82) is 0 Å². The van der Waals surface area contributed by atoms with Crippen LogP contribution in [0.1, 0.15) is 43.6 Å². The predicted molar refractivity (Wildman–Crippen MR) is 122 cm³/mol. The Morgan fingerprint density at radius 2 is 2.31 bits per heavy atom. The van der Waals surface area contributed by atoms with Gasteiger partial charge >= 0.3 is 0 Å². The number of aryl methyl sites for hydroxylation is 2. The van der Waals surface area contributed by atoms with E-state index in [-0.39, 0.29) is 30.1 Å². The van der Waals surface area contributed by atoms with Gasteiger partial charge in [-0.25, -0.2) is 9.67 Å². The predicted octanol–water partition coefficient (Wildman–Crippen LogP) is 2.32. The van der Waals surface area contributed by atoms with Crippen molar-refractivity contribution in [3.8, 4) is 0 Å². The molecule has 4 rings (SSSR count). The van der Waals surface area contributed by atoms with E-state index < -0.39 is 0 Å². The Morgan fingerprint density at radius 3 is 3.07 bits per heavy atom. The van der Waals surface area contributed by atoms with Crippen molar-refractivity contribution in [2.75, 3.05) is 19.7 Å². The number of hydrogen-bond donors (Lipinski definition) is 2. The second-order valence-corrected chi connectivity index (χ2v) is 7.44. The summed E-state index contributed by atoms with van der Waals surface area (Å²) in [6, 6.07) is 4.21. The first-order valence-corrected chi connectivity index (χ1v) is 10.4. The van der Waals surface area contributed by atoms with Gasteiger partial charge in [-0.1, -0.05) is 6.92 Å². The zero-order valence-corrected chi connectivity index (χ0v) is 19.3. The molecular weight excluding hydrogens is 483 g/mol. The number of nitrogens with zero attached hydrogens (tertiary/aromatic N) is 4. The standard InChI is InChI=1S/C20H30N6O2.HI/c1-2-18-24-19-8-7-15(14-26(19)25-18)23-20(22-13-17-6-4-12-28-17)21-10-9-16-5-3-11-27-16;/h3,5,11,15,17H,2,4,6-10,12-14H2,1H3,(H2,21,22,23);1H. The van der Waals surface area contributed by atoms with E-state index in [0.29, 0.717) is 12.6 Å². The van der Waals surface area contributed by atoms with Crippen molar-refractivity contribution in [2.45, 2.75) is 64.1 Å². The zero-order valence-electron chi connectivity index (χ0n) is 17.0. The molecule has 0 bridgehead atoms. The normalized spacial score (nSPS) is 21.5. The molecule has 8 nitrogen and oxygen atoms in total. The second kappa shape index (κ2) is 11.0. The van der Waals surface area contributed by atoms with Gasteiger partial charge in [-0.3, -0.25) is 4.99 Å². The van der Waals surface area contributed by atoms with Gasteiger partial charge < -0.3 is 19.8 Å². The van der Waals surface area contributed by atoms with Crippen LogP contribution in [0.25, 0.3) is 0 Å². The summed E-state index contributed by atoms with van der Waals surface area (Å²) in [6.45, 7) is 5.23. The van der Waals surface area contributed by atoms with Crippen LogP contribution < -0.4 is 10.6 Å². The number of halogens is 1. The molecule has 2 aromatic heterocycles. The summed E-state index contributed by atoms with van der Waals surface area (Å²) in [4.78, 5) is 9.39. The molecule has 1 saturated heterocycles. The molecule has 0 radical (unpaired) electrons. The highest BCUT2D eigenvalue weighted by Crippen LogP contribution is 2.14. The molecule has 2 unspecified atom stereocenters. The second-order valence-electron chi connectivity index (χ2n) is 7.44. The van der Waals surface area contributed by atoms with E-state index in [4.69, 9.17) is 14.1 Å². The van der Waals surface area contributed by atoms with Gasteiger partial charge in [0.25, 0.3) is 0 Å². The highest BCUT2D eigenvalue weighted by molar-refractivity contribution is 14.0. The lowest BCUT2D eigenvalue weighted by molar-refractivity contribution is 0.117. The van der Waals surface area contributed by atoms with Crippen LogP contribution in [-0.4, -0.2) is 52.6 Å². The Bertz CT molecular complexity index is 770. The Balaban J connectivity index is 0.00000240. The molecule has 9 heteroatoms. The van der Waals surface area contributed by atoms with E-state index in [1.54, 1.807) is 6.26 Å². The fourth-order valence-corrected chi connectivity index (χ4v) is 3.71. The van der Waals surface area contributed by atoms with Gasteiger partial charge in [0.1, 0.15) is 11.6 Å². The molecule has 1 fully saturated rings. The lowest BCUT2D eigenvalue weighted by Crippen LogP contribution is -2.47. The highest BCUT2D eigenvalue weighted by atomic mass is 127. The Morgan fingerprint density at radius 1 is 1.38 bits per heavy atom. The van der Waals surface area contributed by atoms with E-state index in [9.17, 15) is 0 Å². The van der Waals surface area contributed by atoms with Gasteiger partial charge in [-0.05, 0) is 31.4 Å². The molecule has 2 N–H and O–H groups in total. The quantitative estimate of drug-likeness (QED) is 0.335. The van der Waals surface area contributed by atoms with Gasteiger partial charge in [-0.2, -0.15) is 5.10 Å². The molecule has 29 heavy (non-hydrogen) atoms. The number of furan rings is 1. The maximum Gasteiger partial charge on any atom is 0.191 e. The molecule has 0 saturated carbocycles. The lowest BCUT2D eigenvalue weighted by Gasteiger charge is -2.25. The Kier molecular flexibility index (Phi) is 8.34. The number of guanidine groups is 1. The molecule has 0 spiro atoms. The van der Waals surface area contributed by atoms with Crippen molar-refractivity contribution < 1.29 is 9.15 Å². The molecule has 0 amide bonds. The van der Waals surface area contributed by atoms with Crippen molar-refractivity contribution in [3.63, 3.8) is 0 Å². The third kappa shape index (κ3) is 6.18. The molecular formula is C20H31IN6O2. The third-order valence-electron chi connectivity index (χ3n) is 5.28. The van der Waals surface area contributed by atoms with Crippen LogP contribution in [0, 0.1) is 0 Å². The highest BCUT2D eigenvalue weighted by Gasteiger charge is 2.22. The molecule has 2 atom stereocenters. The van der Waals surface area contributed by atoms with Crippen LogP contribution in [-0.2, 0) is 30.5 Å². The third-order valence-corrected chi connectivity index (χ3v) is 5.28. The van der Waals surface area contributed by atoms with Crippen LogP contribution in [0.4, 0.5) is 0 Å². The first-order valence-electron chi connectivity index (χ1n) is 10.4. The van der Waals surface area contributed by atoms with Crippen molar-refractivity contribution in [2.24, 2.45) is 4.99 Å². The maximum absolute atomic E-state index is 5.72. The smallest absolute Gasteiger partial charge is 0.191 e. The number of ether oxygens (including phenoxy) is 1. The summed E-state index contributed by atoms with van der Waals surface area (Å²) in [5.74, 6) is 3.84. The number of aromatic nitrogens is 3. The number of rotatable bonds is 7. The summed E-state index contributed by atoms with van der Waals surface area (Å²) in [7, 11) is 0. The number of nitrogens with one attached hydrogen (secondary N) is 2. The number of fused-ring (bicyclic) bond motifs is 1. The monoisotopic (exact) mass is 514 g/mol. The summed E-state index contributed by atoms with van der Waals surface area (Å²) < 4.78 is 13.2. The molecule has 0 aliphatic carbocycles. The van der Waals surface area contributed by atoms with E-state index in [0.717, 1.165) is 81.6 Å². The fourth-order valence-electron chi connectivity index (χ4n) is 3.71. The first-order chi connectivity index (χ1) is 13.8. The Labute approximate surface area is 188 Å². The average molecular weight is 514 g/mol. The molecule has 4 heterocycles. The summed E-state index contributed by atoms with van der Waals surface area (Å²) in [5, 5.41) is 11.6. The first kappa shape index (κ1) is 22.1. The van der Waals surface area contributed by atoms with Gasteiger partial charge in [0.2, 0.25) is 0 Å². The molecule has 2 aliphatic heterocycles. The van der Waals surface area contributed by atoms with Crippen LogP contribution >= 0.6 is 24.0 Å². The van der Waals surface area contributed by atoms with Crippen LogP contribution in [0.15, 0.2) is 27.8 Å². The van der Waals surface area contributed by atoms with E-state index in [2.05, 4.69) is 27.6 Å². The largest absolute Gasteiger partial charge is 0.469 e. The molecule has 2 aromatic rings. The van der Waals surface area contributed by atoms with E-state index in [1.807, 2.05) is 16.8 Å². The zero-order chi connectivity index (χ0) is 19.2. The van der Waals surface area contributed by atoms with E-state index >= 15 is 0 Å². The number of aliphatic imine (C=N–C) groups is 1. The Hall–Kier alpha value is -1.62. The van der Waals surface area contributed by atoms with Crippen LogP contribution in [0.5, 0.6) is 0 Å². The van der Waals surface area contributed by atoms with Crippen molar-refractivity contribution in [1.82, 2.24) is 25.4 Å². The van der Waals surface area contributed by atoms with E-state index in [1.165, 1.54) is 0 Å². The number of hydrogen-bond acceptors (Lipinski definition) is 5. The van der Waals surface area contributed by atoms with Gasteiger partial charge in [0.15, 0.2) is 11.8 Å². The summed E-state index contributed by atoms with van der Waals surface area (Å²) in [6.07, 6.45) is 7.84. The topological polar surface area (TPSA) is 89.5 Å². The van der Waals surface area contributed by atoms with Crippen molar-refractivity contribution >= 4 is 29.9 Å². The van der Waals surface area contributed by atoms with Crippen LogP contribution in [0.2, 0.25) is 0 Å². The summed E-state index contributed by atoms with van der Waals surface area (Å²) in [5.41, 5.74) is 0. The fraction of sp³-hybridized carbons (Fsp3) is 0.650. The molecule has 0 aromatic carbocycles. The molecule has 2 aliphatic rings. The SMILES string of the molecule is CCc1nc2n(n1)CC(NC(=NCC1CCCO1)NCCc1ccco1)CC2.I. The van der Waals surface area contributed by atoms with Gasteiger partial charge in [0, 0.05) is 38.5 Å². The minimum Gasteiger partial charge on any atom is -0.469 e. The lowest BCUT2D eigenvalue weighted by atomic mass is 10.1. The van der Waals surface area contributed by atoms with Crippen molar-refractivity contribution in [3.05, 3.63) is 35.8 Å². The van der Waals surface area contributed by atoms with Gasteiger partial charge in [-0.15, -0.1) is 24.0 Å². The van der Waals surface area contributed by atoms with Gasteiger partial charge in [0.05, 0.1) is 25.5 Å². The molecule has 160 valence electrons. The minimum absolute atomic E-state index is 0. The average Bonchev–Trinajstić information content (AvgIpc) is 3.46. The van der Waals surface area contributed by atoms with Crippen LogP contribution in [0.3, 0.4) is 0 Å². The summed E-state index contributed by atoms with van der Waals surface area (Å²) >= 11 is 0. The minimum atomic E-state index is 0. The maximum atomic E-state index is 5.72.